The van der Waals surface area contributed by atoms with Crippen molar-refractivity contribution in [2.75, 3.05) is 13.0 Å². The molecule has 0 atom stereocenters. The molecule has 0 saturated carbocycles. The van der Waals surface area contributed by atoms with Crippen molar-refractivity contribution in [2.24, 2.45) is 0 Å². The van der Waals surface area contributed by atoms with Crippen LogP contribution in [0.2, 0.25) is 0 Å². The topological polar surface area (TPSA) is 73.8 Å². The second-order valence-corrected chi connectivity index (χ2v) is 6.62. The Morgan fingerprint density at radius 2 is 1.85 bits per heavy atom. The van der Waals surface area contributed by atoms with Gasteiger partial charge in [-0.15, -0.1) is 0 Å². The summed E-state index contributed by atoms with van der Waals surface area (Å²) in [5.41, 5.74) is 5.29. The molecule has 2 heterocycles. The van der Waals surface area contributed by atoms with E-state index in [9.17, 15) is 0 Å². The Morgan fingerprint density at radius 1 is 1.12 bits per heavy atom. The van der Waals surface area contributed by atoms with Crippen LogP contribution in [0.5, 0.6) is 5.75 Å². The number of nitrogen functional groups attached to an aromatic ring is 1. The maximum atomic E-state index is 6.11. The van der Waals surface area contributed by atoms with Crippen LogP contribution >= 0.6 is 12.2 Å². The van der Waals surface area contributed by atoms with E-state index in [1.807, 2.05) is 18.2 Å². The van der Waals surface area contributed by atoms with Gasteiger partial charge in [0.1, 0.15) is 5.75 Å². The Hall–Kier alpha value is -3.06. The van der Waals surface area contributed by atoms with Crippen molar-refractivity contribution in [1.82, 2.24) is 19.4 Å². The van der Waals surface area contributed by atoms with E-state index in [2.05, 4.69) is 52.9 Å². The summed E-state index contributed by atoms with van der Waals surface area (Å²) in [6, 6.07) is 14.4. The molecule has 2 aromatic heterocycles. The zero-order valence-corrected chi connectivity index (χ0v) is 15.6. The Balaban J connectivity index is 2.11. The Bertz CT molecular complexity index is 1170. The summed E-state index contributed by atoms with van der Waals surface area (Å²) in [7, 11) is 1.66. The summed E-state index contributed by atoms with van der Waals surface area (Å²) in [6.07, 6.45) is 0. The van der Waals surface area contributed by atoms with Gasteiger partial charge in [-0.25, -0.2) is 9.77 Å². The van der Waals surface area contributed by atoms with Gasteiger partial charge < -0.3 is 15.1 Å². The van der Waals surface area contributed by atoms with Crippen LogP contribution in [0.1, 0.15) is 11.3 Å². The standard InChI is InChI=1S/C19H19N5OS/c1-11-4-6-13(7-5-11)23-12(2)17(18-21-22-19(26)24(18)20)15-10-14(25-3)8-9-16(15)23/h4-10H,20H2,1-3H3,(H,22,26). The molecule has 4 aromatic rings. The highest BCUT2D eigenvalue weighted by molar-refractivity contribution is 7.71. The molecule has 0 aliphatic rings. The van der Waals surface area contributed by atoms with Gasteiger partial charge in [-0.1, -0.05) is 17.7 Å². The monoisotopic (exact) mass is 365 g/mol. The number of benzene rings is 2. The lowest BCUT2D eigenvalue weighted by atomic mass is 10.1. The fourth-order valence-corrected chi connectivity index (χ4v) is 3.45. The van der Waals surface area contributed by atoms with Crippen molar-refractivity contribution in [2.45, 2.75) is 13.8 Å². The fraction of sp³-hybridized carbons (Fsp3) is 0.158. The van der Waals surface area contributed by atoms with Crippen LogP contribution in [0.3, 0.4) is 0 Å². The minimum absolute atomic E-state index is 0.374. The summed E-state index contributed by atoms with van der Waals surface area (Å²) >= 11 is 5.19. The molecule has 0 fully saturated rings. The zero-order chi connectivity index (χ0) is 18.4. The lowest BCUT2D eigenvalue weighted by molar-refractivity contribution is 0.415. The molecule has 26 heavy (non-hydrogen) atoms. The molecule has 0 aliphatic heterocycles. The van der Waals surface area contributed by atoms with E-state index < -0.39 is 0 Å². The van der Waals surface area contributed by atoms with Crippen LogP contribution in [0, 0.1) is 18.6 Å². The maximum Gasteiger partial charge on any atom is 0.214 e. The van der Waals surface area contributed by atoms with Crippen LogP contribution < -0.4 is 10.6 Å². The van der Waals surface area contributed by atoms with Crippen LogP contribution in [0.25, 0.3) is 28.0 Å². The van der Waals surface area contributed by atoms with Gasteiger partial charge >= 0.3 is 0 Å². The average Bonchev–Trinajstić information content (AvgIpc) is 3.11. The third kappa shape index (κ3) is 2.40. The first-order valence-electron chi connectivity index (χ1n) is 8.20. The highest BCUT2D eigenvalue weighted by atomic mass is 32.1. The normalized spacial score (nSPS) is 11.2. The number of aryl methyl sites for hydroxylation is 1. The zero-order valence-electron chi connectivity index (χ0n) is 14.8. The van der Waals surface area contributed by atoms with Crippen LogP contribution in [0.15, 0.2) is 42.5 Å². The first-order valence-corrected chi connectivity index (χ1v) is 8.61. The van der Waals surface area contributed by atoms with E-state index in [0.29, 0.717) is 10.6 Å². The molecule has 0 aliphatic carbocycles. The van der Waals surface area contributed by atoms with Gasteiger partial charge in [-0.05, 0) is 56.4 Å². The third-order valence-electron chi connectivity index (χ3n) is 4.63. The second-order valence-electron chi connectivity index (χ2n) is 6.24. The van der Waals surface area contributed by atoms with Crippen molar-refractivity contribution < 1.29 is 4.74 Å². The number of nitrogens with zero attached hydrogens (tertiary/aromatic N) is 3. The minimum atomic E-state index is 0.374. The number of nitrogens with one attached hydrogen (secondary N) is 1. The number of H-pyrrole nitrogens is 1. The van der Waals surface area contributed by atoms with E-state index in [1.165, 1.54) is 10.2 Å². The van der Waals surface area contributed by atoms with Gasteiger partial charge in [0, 0.05) is 16.8 Å². The number of nitrogens with two attached hydrogens (primary N) is 1. The molecule has 0 saturated heterocycles. The largest absolute Gasteiger partial charge is 0.497 e. The molecule has 6 nitrogen and oxygen atoms in total. The first kappa shape index (κ1) is 16.4. The predicted molar refractivity (Wildman–Crippen MR) is 106 cm³/mol. The molecule has 4 rings (SSSR count). The van der Waals surface area contributed by atoms with Crippen molar-refractivity contribution in [3.8, 4) is 22.8 Å². The number of fused-ring (bicyclic) bond motifs is 1. The number of hydrogen-bond acceptors (Lipinski definition) is 4. The molecule has 2 aromatic carbocycles. The molecule has 0 bridgehead atoms. The van der Waals surface area contributed by atoms with Gasteiger partial charge in [0.15, 0.2) is 5.82 Å². The quantitative estimate of drug-likeness (QED) is 0.427. The van der Waals surface area contributed by atoms with E-state index >= 15 is 0 Å². The molecule has 0 spiro atoms. The molecule has 3 N–H and O–H groups in total. The summed E-state index contributed by atoms with van der Waals surface area (Å²) < 4.78 is 9.39. The van der Waals surface area contributed by atoms with Gasteiger partial charge in [0.25, 0.3) is 0 Å². The molecule has 7 heteroatoms. The van der Waals surface area contributed by atoms with E-state index in [4.69, 9.17) is 22.8 Å². The molecular formula is C19H19N5OS. The number of rotatable bonds is 3. The molecular weight excluding hydrogens is 346 g/mol. The Labute approximate surface area is 155 Å². The summed E-state index contributed by atoms with van der Waals surface area (Å²) in [6.45, 7) is 4.13. The number of ether oxygens (including phenoxy) is 1. The van der Waals surface area contributed by atoms with Gasteiger partial charge in [0.2, 0.25) is 4.77 Å². The molecule has 0 radical (unpaired) electrons. The summed E-state index contributed by atoms with van der Waals surface area (Å²) in [5.74, 6) is 7.48. The Kier molecular flexibility index (Phi) is 3.81. The van der Waals surface area contributed by atoms with Crippen LogP contribution in [0.4, 0.5) is 0 Å². The van der Waals surface area contributed by atoms with Crippen molar-refractivity contribution in [3.05, 3.63) is 58.5 Å². The van der Waals surface area contributed by atoms with Crippen molar-refractivity contribution in [3.63, 3.8) is 0 Å². The first-order chi connectivity index (χ1) is 12.5. The smallest absolute Gasteiger partial charge is 0.214 e. The predicted octanol–water partition coefficient (Wildman–Crippen LogP) is 3.89. The number of aromatic amines is 1. The summed E-state index contributed by atoms with van der Waals surface area (Å²) in [4.78, 5) is 0. The van der Waals surface area contributed by atoms with Gasteiger partial charge in [-0.2, -0.15) is 5.10 Å². The van der Waals surface area contributed by atoms with E-state index in [1.54, 1.807) is 7.11 Å². The van der Waals surface area contributed by atoms with E-state index in [0.717, 1.165) is 33.6 Å². The fourth-order valence-electron chi connectivity index (χ4n) is 3.31. The highest BCUT2D eigenvalue weighted by Gasteiger charge is 2.21. The summed E-state index contributed by atoms with van der Waals surface area (Å²) in [5, 5.41) is 8.11. The Morgan fingerprint density at radius 3 is 2.46 bits per heavy atom. The van der Waals surface area contributed by atoms with Crippen LogP contribution in [-0.2, 0) is 0 Å². The van der Waals surface area contributed by atoms with Gasteiger partial charge in [-0.3, -0.25) is 0 Å². The van der Waals surface area contributed by atoms with Crippen molar-refractivity contribution >= 4 is 23.1 Å². The second kappa shape index (κ2) is 6.03. The van der Waals surface area contributed by atoms with E-state index in [-0.39, 0.29) is 0 Å². The van der Waals surface area contributed by atoms with Crippen LogP contribution in [-0.4, -0.2) is 26.6 Å². The lowest BCUT2D eigenvalue weighted by Gasteiger charge is -2.09. The molecule has 132 valence electrons. The number of hydrogen-bond donors (Lipinski definition) is 2. The molecule has 0 amide bonds. The SMILES string of the molecule is COc1ccc2c(c1)c(-c1n[nH]c(=S)n1N)c(C)n2-c1ccc(C)cc1. The number of methoxy groups -OCH3 is 1. The maximum absolute atomic E-state index is 6.11. The van der Waals surface area contributed by atoms with Gasteiger partial charge in [0.05, 0.1) is 18.2 Å². The minimum Gasteiger partial charge on any atom is -0.497 e. The van der Waals surface area contributed by atoms with Crippen molar-refractivity contribution in [1.29, 1.82) is 0 Å². The third-order valence-corrected chi connectivity index (χ3v) is 4.92. The number of aromatic nitrogens is 4. The lowest BCUT2D eigenvalue weighted by Crippen LogP contribution is -2.10. The average molecular weight is 365 g/mol. The highest BCUT2D eigenvalue weighted by Crippen LogP contribution is 2.37. The molecule has 0 unspecified atom stereocenters.